The van der Waals surface area contributed by atoms with Gasteiger partial charge in [0, 0.05) is 38.3 Å². The molecule has 2 aromatic rings. The highest BCUT2D eigenvalue weighted by Crippen LogP contribution is 2.35. The van der Waals surface area contributed by atoms with Crippen LogP contribution in [0.5, 0.6) is 0 Å². The summed E-state index contributed by atoms with van der Waals surface area (Å²) >= 11 is 1.37. The van der Waals surface area contributed by atoms with Crippen LogP contribution in [0, 0.1) is 13.8 Å². The molecule has 0 saturated carbocycles. The van der Waals surface area contributed by atoms with E-state index in [1.54, 1.807) is 0 Å². The first-order chi connectivity index (χ1) is 13.2. The average molecular weight is 406 g/mol. The van der Waals surface area contributed by atoms with E-state index < -0.39 is 0 Å². The number of methoxy groups -OCH3 is 1. The van der Waals surface area contributed by atoms with Crippen molar-refractivity contribution in [3.05, 3.63) is 16.3 Å². The van der Waals surface area contributed by atoms with Crippen LogP contribution in [0.3, 0.4) is 0 Å². The third kappa shape index (κ3) is 4.61. The van der Waals surface area contributed by atoms with Crippen LogP contribution in [0.15, 0.2) is 0 Å². The van der Waals surface area contributed by atoms with E-state index in [2.05, 4.69) is 46.0 Å². The minimum absolute atomic E-state index is 0.128. The van der Waals surface area contributed by atoms with E-state index in [1.807, 2.05) is 13.8 Å². The summed E-state index contributed by atoms with van der Waals surface area (Å²) in [4.78, 5) is 27.6. The maximum Gasteiger partial charge on any atom is 0.348 e. The number of nitrogens with one attached hydrogen (secondary N) is 1. The number of aromatic nitrogens is 2. The summed E-state index contributed by atoms with van der Waals surface area (Å²) in [5.41, 5.74) is 0.751. The fourth-order valence-corrected chi connectivity index (χ4v) is 4.66. The molecule has 0 radical (unpaired) electrons. The standard InChI is InChI=1S/C20H31N5O2S/c1-13-15-17(21-14(2)22-18(15)28-16(13)19(26)27-6)23-20(3,4)7-8-25-11-9-24(5)10-12-25/h7-12H2,1-6H3,(H,21,22,23). The molecule has 1 N–H and O–H groups in total. The van der Waals surface area contributed by atoms with Crippen LogP contribution in [0.25, 0.3) is 10.2 Å². The van der Waals surface area contributed by atoms with E-state index in [1.165, 1.54) is 18.4 Å². The lowest BCUT2D eigenvalue weighted by atomic mass is 9.99. The van der Waals surface area contributed by atoms with Gasteiger partial charge in [-0.05, 0) is 46.7 Å². The van der Waals surface area contributed by atoms with E-state index in [0.29, 0.717) is 10.7 Å². The van der Waals surface area contributed by atoms with Crippen molar-refractivity contribution >= 4 is 33.3 Å². The number of hydrogen-bond donors (Lipinski definition) is 1. The lowest BCUT2D eigenvalue weighted by Gasteiger charge is -2.35. The van der Waals surface area contributed by atoms with Gasteiger partial charge in [0.05, 0.1) is 12.5 Å². The highest BCUT2D eigenvalue weighted by molar-refractivity contribution is 7.20. The van der Waals surface area contributed by atoms with Gasteiger partial charge in [-0.25, -0.2) is 14.8 Å². The van der Waals surface area contributed by atoms with E-state index in [9.17, 15) is 4.79 Å². The van der Waals surface area contributed by atoms with Gasteiger partial charge >= 0.3 is 5.97 Å². The number of thiophene rings is 1. The minimum Gasteiger partial charge on any atom is -0.465 e. The van der Waals surface area contributed by atoms with Gasteiger partial charge in [-0.3, -0.25) is 0 Å². The van der Waals surface area contributed by atoms with Gasteiger partial charge in [0.1, 0.15) is 21.3 Å². The molecule has 0 aromatic carbocycles. The molecule has 0 atom stereocenters. The molecule has 1 aliphatic heterocycles. The van der Waals surface area contributed by atoms with E-state index in [4.69, 9.17) is 4.74 Å². The van der Waals surface area contributed by atoms with Crippen LogP contribution in [0.2, 0.25) is 0 Å². The number of esters is 1. The van der Waals surface area contributed by atoms with Crippen molar-refractivity contribution in [2.24, 2.45) is 0 Å². The van der Waals surface area contributed by atoms with E-state index in [-0.39, 0.29) is 11.5 Å². The number of nitrogens with zero attached hydrogens (tertiary/aromatic N) is 4. The number of rotatable bonds is 6. The van der Waals surface area contributed by atoms with Gasteiger partial charge in [0.2, 0.25) is 0 Å². The highest BCUT2D eigenvalue weighted by Gasteiger charge is 2.25. The SMILES string of the molecule is COC(=O)c1sc2nc(C)nc(NC(C)(C)CCN3CCN(C)CC3)c2c1C. The predicted molar refractivity (Wildman–Crippen MR) is 114 cm³/mol. The van der Waals surface area contributed by atoms with Crippen LogP contribution < -0.4 is 5.32 Å². The first-order valence-corrected chi connectivity index (χ1v) is 10.6. The Kier molecular flexibility index (Phi) is 6.21. The number of ether oxygens (including phenoxy) is 1. The lowest BCUT2D eigenvalue weighted by Crippen LogP contribution is -2.46. The first kappa shape index (κ1) is 21.0. The van der Waals surface area contributed by atoms with Crippen molar-refractivity contribution in [3.8, 4) is 0 Å². The van der Waals surface area contributed by atoms with Gasteiger partial charge < -0.3 is 19.9 Å². The van der Waals surface area contributed by atoms with Gasteiger partial charge in [-0.1, -0.05) is 0 Å². The Labute approximate surface area is 171 Å². The number of fused-ring (bicyclic) bond motifs is 1. The number of aryl methyl sites for hydroxylation is 2. The molecule has 1 saturated heterocycles. The van der Waals surface area contributed by atoms with Crippen LogP contribution in [0.1, 0.15) is 41.3 Å². The molecule has 3 rings (SSSR count). The normalized spacial score (nSPS) is 16.5. The fraction of sp³-hybridized carbons (Fsp3) is 0.650. The average Bonchev–Trinajstić information content (AvgIpc) is 2.97. The third-order valence-corrected chi connectivity index (χ3v) is 6.54. The van der Waals surface area contributed by atoms with Crippen molar-refractivity contribution in [1.29, 1.82) is 0 Å². The Balaban J connectivity index is 1.80. The van der Waals surface area contributed by atoms with Gasteiger partial charge in [0.25, 0.3) is 0 Å². The largest absolute Gasteiger partial charge is 0.465 e. The molecule has 0 amide bonds. The molecular weight excluding hydrogens is 374 g/mol. The number of anilines is 1. The van der Waals surface area contributed by atoms with Crippen molar-refractivity contribution in [2.75, 3.05) is 52.2 Å². The molecule has 2 aromatic heterocycles. The zero-order valence-electron chi connectivity index (χ0n) is 17.8. The molecule has 7 nitrogen and oxygen atoms in total. The van der Waals surface area contributed by atoms with Crippen LogP contribution in [0.4, 0.5) is 5.82 Å². The Morgan fingerprint density at radius 3 is 2.54 bits per heavy atom. The number of carbonyl (C=O) groups is 1. The van der Waals surface area contributed by atoms with Gasteiger partial charge in [0.15, 0.2) is 0 Å². The molecule has 0 unspecified atom stereocenters. The zero-order chi connectivity index (χ0) is 20.5. The topological polar surface area (TPSA) is 70.6 Å². The number of hydrogen-bond acceptors (Lipinski definition) is 8. The van der Waals surface area contributed by atoms with Crippen LogP contribution in [-0.2, 0) is 4.74 Å². The lowest BCUT2D eigenvalue weighted by molar-refractivity contribution is 0.0605. The molecular formula is C20H31N5O2S. The van der Waals surface area contributed by atoms with Crippen molar-refractivity contribution in [1.82, 2.24) is 19.8 Å². The Hall–Kier alpha value is -1.77. The quantitative estimate of drug-likeness (QED) is 0.741. The number of likely N-dealkylation sites (N-methyl/N-ethyl adjacent to an activating group) is 1. The highest BCUT2D eigenvalue weighted by atomic mass is 32.1. The van der Waals surface area contributed by atoms with Crippen molar-refractivity contribution < 1.29 is 9.53 Å². The molecule has 3 heterocycles. The molecule has 154 valence electrons. The van der Waals surface area contributed by atoms with E-state index >= 15 is 0 Å². The number of piperazine rings is 1. The second-order valence-corrected chi connectivity index (χ2v) is 9.25. The van der Waals surface area contributed by atoms with Gasteiger partial charge in [-0.15, -0.1) is 11.3 Å². The molecule has 1 aliphatic rings. The second-order valence-electron chi connectivity index (χ2n) is 8.25. The molecule has 28 heavy (non-hydrogen) atoms. The van der Waals surface area contributed by atoms with Crippen LogP contribution in [-0.4, -0.2) is 78.2 Å². The van der Waals surface area contributed by atoms with E-state index in [0.717, 1.165) is 60.7 Å². The zero-order valence-corrected chi connectivity index (χ0v) is 18.6. The predicted octanol–water partition coefficient (Wildman–Crippen LogP) is 2.92. The monoisotopic (exact) mass is 405 g/mol. The maximum absolute atomic E-state index is 12.1. The Morgan fingerprint density at radius 2 is 1.89 bits per heavy atom. The van der Waals surface area contributed by atoms with Crippen LogP contribution >= 0.6 is 11.3 Å². The summed E-state index contributed by atoms with van der Waals surface area (Å²) < 4.78 is 4.92. The molecule has 1 fully saturated rings. The Morgan fingerprint density at radius 1 is 1.21 bits per heavy atom. The summed E-state index contributed by atoms with van der Waals surface area (Å²) in [5, 5.41) is 4.55. The number of carbonyl (C=O) groups excluding carboxylic acids is 1. The first-order valence-electron chi connectivity index (χ1n) is 9.75. The molecule has 0 aliphatic carbocycles. The smallest absolute Gasteiger partial charge is 0.348 e. The fourth-order valence-electron chi connectivity index (χ4n) is 3.52. The summed E-state index contributed by atoms with van der Waals surface area (Å²) in [6, 6.07) is 0. The summed E-state index contributed by atoms with van der Waals surface area (Å²) in [5.74, 6) is 1.18. The maximum atomic E-state index is 12.1. The second kappa shape index (κ2) is 8.31. The van der Waals surface area contributed by atoms with Gasteiger partial charge in [-0.2, -0.15) is 0 Å². The Bertz CT molecular complexity index is 856. The molecule has 0 bridgehead atoms. The van der Waals surface area contributed by atoms with Crippen molar-refractivity contribution in [3.63, 3.8) is 0 Å². The summed E-state index contributed by atoms with van der Waals surface area (Å²) in [6.07, 6.45) is 1.01. The summed E-state index contributed by atoms with van der Waals surface area (Å²) in [6.45, 7) is 13.8. The van der Waals surface area contributed by atoms with Crippen molar-refractivity contribution in [2.45, 2.75) is 39.7 Å². The molecule has 8 heteroatoms. The minimum atomic E-state index is -0.321. The molecule has 0 spiro atoms. The third-order valence-electron chi connectivity index (χ3n) is 5.38. The summed E-state index contributed by atoms with van der Waals surface area (Å²) in [7, 11) is 3.58.